The van der Waals surface area contributed by atoms with Gasteiger partial charge in [-0.3, -0.25) is 4.79 Å². The van der Waals surface area contributed by atoms with Crippen molar-refractivity contribution in [2.75, 3.05) is 13.2 Å². The molecule has 1 heterocycles. The van der Waals surface area contributed by atoms with Gasteiger partial charge in [-0.1, -0.05) is 0 Å². The summed E-state index contributed by atoms with van der Waals surface area (Å²) >= 11 is 0. The van der Waals surface area contributed by atoms with Crippen LogP contribution in [0.4, 0.5) is 0 Å². The van der Waals surface area contributed by atoms with Gasteiger partial charge in [-0.25, -0.2) is 4.98 Å². The van der Waals surface area contributed by atoms with Crippen LogP contribution in [0.2, 0.25) is 0 Å². The molecular weight excluding hydrogens is 200 g/mol. The standard InChI is InChI=1S/C9H14N2O4/c1-5-8(15-6(2)10-5)9(14)11-7(3-12)4-13/h7,12-13H,3-4H2,1-2H3,(H,11,14). The zero-order chi connectivity index (χ0) is 11.4. The summed E-state index contributed by atoms with van der Waals surface area (Å²) in [7, 11) is 0. The third-order valence-corrected chi connectivity index (χ3v) is 1.89. The van der Waals surface area contributed by atoms with Crippen LogP contribution >= 0.6 is 0 Å². The highest BCUT2D eigenvalue weighted by molar-refractivity contribution is 5.92. The minimum absolute atomic E-state index is 0.111. The van der Waals surface area contributed by atoms with E-state index in [-0.39, 0.29) is 19.0 Å². The van der Waals surface area contributed by atoms with Crippen LogP contribution in [0.5, 0.6) is 0 Å². The van der Waals surface area contributed by atoms with E-state index in [1.165, 1.54) is 0 Å². The van der Waals surface area contributed by atoms with E-state index in [2.05, 4.69) is 10.3 Å². The SMILES string of the molecule is Cc1nc(C)c(C(=O)NC(CO)CO)o1. The molecule has 0 aliphatic rings. The molecule has 0 fully saturated rings. The van der Waals surface area contributed by atoms with E-state index in [0.717, 1.165) is 0 Å². The largest absolute Gasteiger partial charge is 0.436 e. The summed E-state index contributed by atoms with van der Waals surface area (Å²) < 4.78 is 5.08. The van der Waals surface area contributed by atoms with E-state index in [4.69, 9.17) is 14.6 Å². The number of nitrogens with zero attached hydrogens (tertiary/aromatic N) is 1. The summed E-state index contributed by atoms with van der Waals surface area (Å²) in [6.07, 6.45) is 0. The number of oxazole rings is 1. The Morgan fingerprint density at radius 3 is 2.47 bits per heavy atom. The first-order valence-corrected chi connectivity index (χ1v) is 4.55. The molecule has 3 N–H and O–H groups in total. The van der Waals surface area contributed by atoms with Gasteiger partial charge in [-0.05, 0) is 6.92 Å². The number of hydrogen-bond donors (Lipinski definition) is 3. The number of hydrogen-bond acceptors (Lipinski definition) is 5. The Hall–Kier alpha value is -1.40. The molecule has 0 aromatic carbocycles. The minimum atomic E-state index is -0.678. The molecule has 15 heavy (non-hydrogen) atoms. The van der Waals surface area contributed by atoms with Crippen molar-refractivity contribution < 1.29 is 19.4 Å². The lowest BCUT2D eigenvalue weighted by Gasteiger charge is -2.11. The third kappa shape index (κ3) is 2.77. The van der Waals surface area contributed by atoms with Gasteiger partial charge < -0.3 is 19.9 Å². The lowest BCUT2D eigenvalue weighted by Crippen LogP contribution is -2.40. The van der Waals surface area contributed by atoms with Crippen molar-refractivity contribution in [3.8, 4) is 0 Å². The predicted molar refractivity (Wildman–Crippen MR) is 51.4 cm³/mol. The number of aryl methyl sites for hydroxylation is 2. The van der Waals surface area contributed by atoms with Gasteiger partial charge in [0.1, 0.15) is 0 Å². The van der Waals surface area contributed by atoms with Gasteiger partial charge in [0, 0.05) is 6.92 Å². The van der Waals surface area contributed by atoms with Crippen LogP contribution in [0.25, 0.3) is 0 Å². The second-order valence-corrected chi connectivity index (χ2v) is 3.18. The second kappa shape index (κ2) is 4.90. The minimum Gasteiger partial charge on any atom is -0.436 e. The van der Waals surface area contributed by atoms with Crippen LogP contribution in [-0.4, -0.2) is 40.4 Å². The summed E-state index contributed by atoms with van der Waals surface area (Å²) in [6, 6.07) is -0.678. The van der Waals surface area contributed by atoms with Gasteiger partial charge in [-0.2, -0.15) is 0 Å². The Kier molecular flexibility index (Phi) is 3.81. The number of aliphatic hydroxyl groups excluding tert-OH is 2. The van der Waals surface area contributed by atoms with Crippen LogP contribution < -0.4 is 5.32 Å². The van der Waals surface area contributed by atoms with Crippen molar-refractivity contribution in [3.05, 3.63) is 17.3 Å². The van der Waals surface area contributed by atoms with Crippen molar-refractivity contribution in [1.29, 1.82) is 0 Å². The van der Waals surface area contributed by atoms with Crippen molar-refractivity contribution in [2.24, 2.45) is 0 Å². The number of amides is 1. The lowest BCUT2D eigenvalue weighted by atomic mass is 10.3. The first-order chi connectivity index (χ1) is 7.08. The van der Waals surface area contributed by atoms with E-state index in [1.807, 2.05) is 0 Å². The van der Waals surface area contributed by atoms with E-state index in [0.29, 0.717) is 11.6 Å². The molecule has 0 saturated carbocycles. The maximum Gasteiger partial charge on any atom is 0.289 e. The van der Waals surface area contributed by atoms with Crippen molar-refractivity contribution >= 4 is 5.91 Å². The molecule has 0 unspecified atom stereocenters. The highest BCUT2D eigenvalue weighted by Crippen LogP contribution is 2.08. The van der Waals surface area contributed by atoms with Gasteiger partial charge in [0.05, 0.1) is 24.9 Å². The van der Waals surface area contributed by atoms with E-state index < -0.39 is 11.9 Å². The third-order valence-electron chi connectivity index (χ3n) is 1.89. The monoisotopic (exact) mass is 214 g/mol. The van der Waals surface area contributed by atoms with Gasteiger partial charge in [0.15, 0.2) is 5.89 Å². The van der Waals surface area contributed by atoms with Crippen LogP contribution in [0, 0.1) is 13.8 Å². The number of nitrogens with one attached hydrogen (secondary N) is 1. The fraction of sp³-hybridized carbons (Fsp3) is 0.556. The van der Waals surface area contributed by atoms with Crippen LogP contribution in [0.1, 0.15) is 22.1 Å². The molecule has 6 heteroatoms. The van der Waals surface area contributed by atoms with Gasteiger partial charge >= 0.3 is 0 Å². The van der Waals surface area contributed by atoms with Gasteiger partial charge in [-0.15, -0.1) is 0 Å². The Morgan fingerprint density at radius 2 is 2.07 bits per heavy atom. The summed E-state index contributed by atoms with van der Waals surface area (Å²) in [4.78, 5) is 15.5. The molecule has 0 saturated heterocycles. The number of rotatable bonds is 4. The molecule has 6 nitrogen and oxygen atoms in total. The van der Waals surface area contributed by atoms with Crippen LogP contribution in [0.15, 0.2) is 4.42 Å². The van der Waals surface area contributed by atoms with E-state index >= 15 is 0 Å². The molecule has 0 aliphatic heterocycles. The summed E-state index contributed by atoms with van der Waals surface area (Å²) in [6.45, 7) is 2.64. The normalized spacial score (nSPS) is 10.7. The summed E-state index contributed by atoms with van der Waals surface area (Å²) in [5.41, 5.74) is 0.486. The molecule has 84 valence electrons. The fourth-order valence-electron chi connectivity index (χ4n) is 1.14. The topological polar surface area (TPSA) is 95.6 Å². The second-order valence-electron chi connectivity index (χ2n) is 3.18. The maximum atomic E-state index is 11.5. The predicted octanol–water partition coefficient (Wildman–Crippen LogP) is -0.626. The average Bonchev–Trinajstić information content (AvgIpc) is 2.54. The van der Waals surface area contributed by atoms with Crippen molar-refractivity contribution in [1.82, 2.24) is 10.3 Å². The molecule has 0 atom stereocenters. The number of carbonyl (C=O) groups excluding carboxylic acids is 1. The van der Waals surface area contributed by atoms with Gasteiger partial charge in [0.25, 0.3) is 5.91 Å². The molecule has 0 bridgehead atoms. The Morgan fingerprint density at radius 1 is 1.47 bits per heavy atom. The van der Waals surface area contributed by atoms with E-state index in [1.54, 1.807) is 13.8 Å². The fourth-order valence-corrected chi connectivity index (χ4v) is 1.14. The summed E-state index contributed by atoms with van der Waals surface area (Å²) in [5, 5.41) is 20.0. The molecule has 1 aromatic heterocycles. The smallest absolute Gasteiger partial charge is 0.289 e. The molecule has 1 amide bonds. The van der Waals surface area contributed by atoms with Crippen molar-refractivity contribution in [3.63, 3.8) is 0 Å². The molecule has 0 spiro atoms. The van der Waals surface area contributed by atoms with Crippen LogP contribution in [-0.2, 0) is 0 Å². The van der Waals surface area contributed by atoms with Crippen LogP contribution in [0.3, 0.4) is 0 Å². The Labute approximate surface area is 86.9 Å². The Bertz CT molecular complexity index is 344. The quantitative estimate of drug-likeness (QED) is 0.620. The summed E-state index contributed by atoms with van der Waals surface area (Å²) in [5.74, 6) is 0.0304. The van der Waals surface area contributed by atoms with Crippen molar-refractivity contribution in [2.45, 2.75) is 19.9 Å². The zero-order valence-electron chi connectivity index (χ0n) is 8.65. The molecule has 0 aliphatic carbocycles. The maximum absolute atomic E-state index is 11.5. The highest BCUT2D eigenvalue weighted by atomic mass is 16.4. The molecule has 1 rings (SSSR count). The molecule has 0 radical (unpaired) electrons. The Balaban J connectivity index is 2.72. The average molecular weight is 214 g/mol. The lowest BCUT2D eigenvalue weighted by molar-refractivity contribution is 0.0850. The number of carbonyl (C=O) groups is 1. The number of aromatic nitrogens is 1. The number of aliphatic hydroxyl groups is 2. The van der Waals surface area contributed by atoms with E-state index in [9.17, 15) is 4.79 Å². The first-order valence-electron chi connectivity index (χ1n) is 4.55. The van der Waals surface area contributed by atoms with Gasteiger partial charge in [0.2, 0.25) is 5.76 Å². The molecular formula is C9H14N2O4. The first kappa shape index (κ1) is 11.7. The highest BCUT2D eigenvalue weighted by Gasteiger charge is 2.18. The molecule has 1 aromatic rings. The zero-order valence-corrected chi connectivity index (χ0v) is 8.65.